The molecule has 1 aromatic rings. The lowest BCUT2D eigenvalue weighted by Crippen LogP contribution is -3.00. The molecule has 2 heterocycles. The number of nitrogens with zero attached hydrogens (tertiary/aromatic N) is 1. The lowest BCUT2D eigenvalue weighted by molar-refractivity contribution is -0.472. The lowest BCUT2D eigenvalue weighted by atomic mass is 10.2. The minimum Gasteiger partial charge on any atom is -1.00 e. The molecule has 3 rings (SSSR count). The molecule has 0 radical (unpaired) electrons. The highest BCUT2D eigenvalue weighted by Crippen LogP contribution is 2.37. The Morgan fingerprint density at radius 3 is 2.68 bits per heavy atom. The fourth-order valence-electron chi connectivity index (χ4n) is 2.47. The number of hydrogen-bond acceptors (Lipinski definition) is 4. The smallest absolute Gasteiger partial charge is 0.310 e. The highest BCUT2D eigenvalue weighted by Gasteiger charge is 2.50. The van der Waals surface area contributed by atoms with E-state index in [4.69, 9.17) is 5.73 Å². The van der Waals surface area contributed by atoms with Gasteiger partial charge in [0.25, 0.3) is 0 Å². The van der Waals surface area contributed by atoms with Crippen molar-refractivity contribution >= 4 is 32.5 Å². The van der Waals surface area contributed by atoms with Gasteiger partial charge in [0.15, 0.2) is 21.3 Å². The maximum Gasteiger partial charge on any atom is 0.310 e. The van der Waals surface area contributed by atoms with Crippen molar-refractivity contribution in [3.8, 4) is 0 Å². The van der Waals surface area contributed by atoms with Gasteiger partial charge < -0.3 is 17.0 Å². The fraction of sp³-hybridized carbons (Fsp3) is 0.364. The van der Waals surface area contributed by atoms with E-state index in [2.05, 4.69) is 0 Å². The van der Waals surface area contributed by atoms with Gasteiger partial charge in [-0.05, 0) is 23.9 Å². The highest BCUT2D eigenvalue weighted by molar-refractivity contribution is 8.15. The normalized spacial score (nSPS) is 28.1. The van der Waals surface area contributed by atoms with E-state index in [-0.39, 0.29) is 45.6 Å². The van der Waals surface area contributed by atoms with Crippen molar-refractivity contribution in [2.75, 3.05) is 11.5 Å². The van der Waals surface area contributed by atoms with E-state index in [1.807, 2.05) is 0 Å². The number of rotatable bonds is 1. The van der Waals surface area contributed by atoms with Crippen molar-refractivity contribution in [2.45, 2.75) is 11.3 Å². The number of thioether (sulfide) groups is 1. The number of sulfone groups is 1. The summed E-state index contributed by atoms with van der Waals surface area (Å²) in [5, 5.41) is 0.389. The quantitative estimate of drug-likeness (QED) is 0.568. The van der Waals surface area contributed by atoms with Crippen LogP contribution in [0.25, 0.3) is 0 Å². The van der Waals surface area contributed by atoms with Crippen LogP contribution in [-0.2, 0) is 9.84 Å². The third-order valence-corrected chi connectivity index (χ3v) is 6.37. The zero-order chi connectivity index (χ0) is 12.9. The molecule has 1 fully saturated rings. The van der Waals surface area contributed by atoms with Gasteiger partial charge in [-0.15, -0.1) is 0 Å². The molecule has 4 nitrogen and oxygen atoms in total. The third kappa shape index (κ3) is 2.53. The van der Waals surface area contributed by atoms with Crippen molar-refractivity contribution in [3.63, 3.8) is 0 Å². The summed E-state index contributed by atoms with van der Waals surface area (Å²) in [6.07, 6.45) is 0. The van der Waals surface area contributed by atoms with Crippen LogP contribution in [0.5, 0.6) is 0 Å². The molecule has 0 aromatic heterocycles. The van der Waals surface area contributed by atoms with Crippen molar-refractivity contribution in [2.24, 2.45) is 5.73 Å². The molecule has 2 N–H and O–H groups in total. The second kappa shape index (κ2) is 5.06. The van der Waals surface area contributed by atoms with Gasteiger partial charge in [0, 0.05) is 0 Å². The Labute approximate surface area is 125 Å². The van der Waals surface area contributed by atoms with Crippen LogP contribution in [0.1, 0.15) is 0 Å². The second-order valence-corrected chi connectivity index (χ2v) is 7.87. The second-order valence-electron chi connectivity index (χ2n) is 4.46. The first kappa shape index (κ1) is 14.8. The van der Waals surface area contributed by atoms with Gasteiger partial charge in [-0.25, -0.2) is 17.4 Å². The Balaban J connectivity index is 0.00000133. The van der Waals surface area contributed by atoms with Crippen LogP contribution in [0.15, 0.2) is 24.3 Å². The average Bonchev–Trinajstić information content (AvgIpc) is 2.70. The average molecular weight is 367 g/mol. The molecule has 0 amide bonds. The molecule has 2 atom stereocenters. The molecule has 0 saturated carbocycles. The van der Waals surface area contributed by atoms with E-state index in [0.29, 0.717) is 10.9 Å². The summed E-state index contributed by atoms with van der Waals surface area (Å²) < 4.78 is 38.7. The minimum atomic E-state index is -3.04. The summed E-state index contributed by atoms with van der Waals surface area (Å²) in [6, 6.07) is 6.03. The van der Waals surface area contributed by atoms with Crippen LogP contribution >= 0.6 is 11.8 Å². The molecule has 2 unspecified atom stereocenters. The number of hydrogen-bond donors (Lipinski definition) is 1. The third-order valence-electron chi connectivity index (χ3n) is 3.23. The van der Waals surface area contributed by atoms with Gasteiger partial charge in [0.05, 0.1) is 16.8 Å². The van der Waals surface area contributed by atoms with Crippen LogP contribution in [-0.4, -0.2) is 41.0 Å². The Morgan fingerprint density at radius 2 is 2.00 bits per heavy atom. The summed E-state index contributed by atoms with van der Waals surface area (Å²) in [4.78, 5) is 0. The number of benzene rings is 1. The summed E-state index contributed by atoms with van der Waals surface area (Å²) >= 11 is 1.32. The molecular weight excluding hydrogens is 355 g/mol. The van der Waals surface area contributed by atoms with E-state index < -0.39 is 9.84 Å². The first-order chi connectivity index (χ1) is 8.48. The fourth-order valence-corrected chi connectivity index (χ4v) is 6.28. The first-order valence-electron chi connectivity index (χ1n) is 5.51. The van der Waals surface area contributed by atoms with Crippen molar-refractivity contribution in [1.82, 2.24) is 0 Å². The topological polar surface area (TPSA) is 63.2 Å². The van der Waals surface area contributed by atoms with Crippen LogP contribution in [0.2, 0.25) is 0 Å². The van der Waals surface area contributed by atoms with E-state index in [9.17, 15) is 12.8 Å². The van der Waals surface area contributed by atoms with Gasteiger partial charge in [-0.1, -0.05) is 12.1 Å². The Morgan fingerprint density at radius 1 is 1.32 bits per heavy atom. The monoisotopic (exact) mass is 366 g/mol. The van der Waals surface area contributed by atoms with Gasteiger partial charge in [0.2, 0.25) is 0 Å². The molecule has 2 aliphatic heterocycles. The van der Waals surface area contributed by atoms with Gasteiger partial charge >= 0.3 is 5.17 Å². The minimum absolute atomic E-state index is 0. The Kier molecular flexibility index (Phi) is 3.95. The Hall–Kier alpha value is -0.600. The maximum atomic E-state index is 13.8. The molecule has 8 heteroatoms. The Bertz CT molecular complexity index is 648. The zero-order valence-electron chi connectivity index (χ0n) is 9.79. The molecule has 0 aliphatic carbocycles. The van der Waals surface area contributed by atoms with Crippen LogP contribution in [0.3, 0.4) is 0 Å². The number of fused-ring (bicyclic) bond motifs is 1. The lowest BCUT2D eigenvalue weighted by Gasteiger charge is -2.10. The van der Waals surface area contributed by atoms with E-state index in [1.165, 1.54) is 17.8 Å². The van der Waals surface area contributed by atoms with E-state index in [1.54, 1.807) is 22.8 Å². The number of para-hydroxylation sites is 1. The van der Waals surface area contributed by atoms with E-state index >= 15 is 0 Å². The summed E-state index contributed by atoms with van der Waals surface area (Å²) in [5.41, 5.74) is 6.26. The molecule has 2 aliphatic rings. The van der Waals surface area contributed by atoms with Crippen LogP contribution in [0, 0.1) is 5.82 Å². The maximum absolute atomic E-state index is 13.8. The van der Waals surface area contributed by atoms with Gasteiger partial charge in [-0.2, -0.15) is 0 Å². The van der Waals surface area contributed by atoms with Crippen molar-refractivity contribution in [1.29, 1.82) is 0 Å². The van der Waals surface area contributed by atoms with E-state index in [0.717, 1.165) is 0 Å². The molecule has 104 valence electrons. The standard InChI is InChI=1S/C11H11FN2O2S2.BrH/c12-7-3-1-2-4-8(7)14-9-5-18(15,16)6-10(9)17-11(14)13;/h1-4,9-10,13H,5-6H2;1H. The largest absolute Gasteiger partial charge is 1.00 e. The van der Waals surface area contributed by atoms with Crippen molar-refractivity contribution < 1.29 is 34.4 Å². The van der Waals surface area contributed by atoms with Gasteiger partial charge in [-0.3, -0.25) is 5.73 Å². The molecule has 0 bridgehead atoms. The SMILES string of the molecule is NC1=[N+](c2ccccc2F)C2CS(=O)(=O)CC2S1.[Br-]. The predicted octanol–water partition coefficient (Wildman–Crippen LogP) is -2.30. The summed E-state index contributed by atoms with van der Waals surface area (Å²) in [7, 11) is -3.04. The number of nitrogens with two attached hydrogens (primary N) is 1. The molecular formula is C11H12BrFN2O2S2. The molecule has 1 aromatic carbocycles. The number of amidine groups is 1. The van der Waals surface area contributed by atoms with Crippen molar-refractivity contribution in [3.05, 3.63) is 30.1 Å². The van der Waals surface area contributed by atoms with Crippen LogP contribution in [0.4, 0.5) is 10.1 Å². The first-order valence-corrected chi connectivity index (χ1v) is 8.21. The number of halogens is 2. The highest BCUT2D eigenvalue weighted by atomic mass is 79.9. The zero-order valence-corrected chi connectivity index (χ0v) is 13.0. The predicted molar refractivity (Wildman–Crippen MR) is 69.3 cm³/mol. The van der Waals surface area contributed by atoms with Gasteiger partial charge in [0.1, 0.15) is 6.04 Å². The summed E-state index contributed by atoms with van der Waals surface area (Å²) in [5.74, 6) is -0.223. The molecule has 19 heavy (non-hydrogen) atoms. The van der Waals surface area contributed by atoms with Crippen LogP contribution < -0.4 is 22.7 Å². The molecule has 0 spiro atoms. The molecule has 1 saturated heterocycles. The summed E-state index contributed by atoms with van der Waals surface area (Å²) in [6.45, 7) is 0.